The summed E-state index contributed by atoms with van der Waals surface area (Å²) in [6.07, 6.45) is 19.2. The van der Waals surface area contributed by atoms with Crippen LogP contribution in [0.3, 0.4) is 0 Å². The normalized spacial score (nSPS) is 12.5. The summed E-state index contributed by atoms with van der Waals surface area (Å²) < 4.78 is 1.39. The lowest BCUT2D eigenvalue weighted by atomic mass is 10.1. The second-order valence-corrected chi connectivity index (χ2v) is 7.44. The maximum atomic E-state index is 5.69. The lowest BCUT2D eigenvalue weighted by Gasteiger charge is -2.37. The first-order valence-electron chi connectivity index (χ1n) is 8.55. The predicted octanol–water partition coefficient (Wildman–Crippen LogP) is 2.77. The standard InChI is InChI=1S/C18H35IN.ClH/c1-5-8-10-12-14-16-20(4,18(19)7-3)17-15-13-11-9-6-2;/h3,18H,5-6,8-17H2,1-2,4H3;1H/q+1;/p-1. The molecule has 0 rings (SSSR count). The van der Waals surface area contributed by atoms with Gasteiger partial charge in [0.15, 0.2) is 4.05 Å². The van der Waals surface area contributed by atoms with Crippen LogP contribution in [0.5, 0.6) is 0 Å². The van der Waals surface area contributed by atoms with Crippen LogP contribution in [0, 0.1) is 12.3 Å². The Morgan fingerprint density at radius 2 is 1.24 bits per heavy atom. The van der Waals surface area contributed by atoms with Crippen LogP contribution in [0.25, 0.3) is 0 Å². The molecule has 1 atom stereocenters. The lowest BCUT2D eigenvalue weighted by molar-refractivity contribution is -0.908. The summed E-state index contributed by atoms with van der Waals surface area (Å²) in [5.74, 6) is 2.97. The van der Waals surface area contributed by atoms with E-state index in [9.17, 15) is 0 Å². The van der Waals surface area contributed by atoms with E-state index >= 15 is 0 Å². The Hall–Kier alpha value is 0.540. The molecule has 0 spiro atoms. The maximum absolute atomic E-state index is 5.69. The highest BCUT2D eigenvalue weighted by Gasteiger charge is 2.27. The number of terminal acetylenes is 1. The zero-order valence-corrected chi connectivity index (χ0v) is 17.3. The van der Waals surface area contributed by atoms with Crippen LogP contribution in [0.15, 0.2) is 0 Å². The molecule has 0 aromatic heterocycles. The van der Waals surface area contributed by atoms with Gasteiger partial charge in [0.05, 0.1) is 20.1 Å². The van der Waals surface area contributed by atoms with Crippen LogP contribution in [0.1, 0.15) is 78.1 Å². The Bertz CT molecular complexity index is 248. The Labute approximate surface area is 153 Å². The molecule has 1 nitrogen and oxygen atoms in total. The second kappa shape index (κ2) is 15.4. The molecule has 0 saturated carbocycles. The number of rotatable bonds is 13. The molecule has 0 heterocycles. The van der Waals surface area contributed by atoms with E-state index in [1.54, 1.807) is 0 Å². The van der Waals surface area contributed by atoms with Crippen molar-refractivity contribution in [3.63, 3.8) is 0 Å². The third kappa shape index (κ3) is 11.7. The van der Waals surface area contributed by atoms with Crippen molar-refractivity contribution >= 4 is 22.6 Å². The van der Waals surface area contributed by atoms with Gasteiger partial charge in [-0.05, 0) is 31.6 Å². The van der Waals surface area contributed by atoms with Crippen molar-refractivity contribution in [3.05, 3.63) is 0 Å². The topological polar surface area (TPSA) is 0 Å². The molecule has 0 fully saturated rings. The molecule has 126 valence electrons. The maximum Gasteiger partial charge on any atom is 0.200 e. The summed E-state index contributed by atoms with van der Waals surface area (Å²) in [6.45, 7) is 7.04. The zero-order chi connectivity index (χ0) is 15.3. The van der Waals surface area contributed by atoms with Crippen molar-refractivity contribution in [1.29, 1.82) is 0 Å². The molecular formula is C18H35ClIN. The minimum absolute atomic E-state index is 0. The van der Waals surface area contributed by atoms with Gasteiger partial charge in [-0.2, -0.15) is 0 Å². The Morgan fingerprint density at radius 3 is 1.57 bits per heavy atom. The van der Waals surface area contributed by atoms with E-state index in [2.05, 4.69) is 49.4 Å². The third-order valence-corrected chi connectivity index (χ3v) is 5.93. The minimum Gasteiger partial charge on any atom is -1.00 e. The van der Waals surface area contributed by atoms with Gasteiger partial charge in [-0.3, -0.25) is 0 Å². The van der Waals surface area contributed by atoms with Gasteiger partial charge in [0.1, 0.15) is 0 Å². The van der Waals surface area contributed by atoms with Crippen LogP contribution in [0.4, 0.5) is 0 Å². The molecule has 0 aliphatic rings. The van der Waals surface area contributed by atoms with Crippen molar-refractivity contribution in [3.8, 4) is 12.3 Å². The molecule has 0 aromatic carbocycles. The summed E-state index contributed by atoms with van der Waals surface area (Å²) in [7, 11) is 2.36. The fraction of sp³-hybridized carbons (Fsp3) is 0.889. The highest BCUT2D eigenvalue weighted by molar-refractivity contribution is 14.1. The van der Waals surface area contributed by atoms with Gasteiger partial charge in [-0.1, -0.05) is 52.4 Å². The van der Waals surface area contributed by atoms with E-state index in [-0.39, 0.29) is 12.4 Å². The molecule has 0 aliphatic carbocycles. The van der Waals surface area contributed by atoms with Gasteiger partial charge >= 0.3 is 0 Å². The van der Waals surface area contributed by atoms with Gasteiger partial charge < -0.3 is 16.9 Å². The number of unbranched alkanes of at least 4 members (excludes halogenated alkanes) is 8. The van der Waals surface area contributed by atoms with Crippen LogP contribution in [-0.4, -0.2) is 28.7 Å². The largest absolute Gasteiger partial charge is 1.00 e. The van der Waals surface area contributed by atoms with E-state index < -0.39 is 0 Å². The van der Waals surface area contributed by atoms with Gasteiger partial charge in [-0.25, -0.2) is 0 Å². The molecule has 21 heavy (non-hydrogen) atoms. The van der Waals surface area contributed by atoms with Crippen LogP contribution in [0.2, 0.25) is 0 Å². The number of hydrogen-bond donors (Lipinski definition) is 0. The van der Waals surface area contributed by atoms with E-state index in [4.69, 9.17) is 6.42 Å². The molecule has 0 bridgehead atoms. The Kier molecular flexibility index (Phi) is 17.5. The Morgan fingerprint density at radius 1 is 0.857 bits per heavy atom. The molecule has 0 aromatic rings. The Balaban J connectivity index is 0. The van der Waals surface area contributed by atoms with E-state index in [1.807, 2.05) is 0 Å². The van der Waals surface area contributed by atoms with E-state index in [0.29, 0.717) is 4.05 Å². The van der Waals surface area contributed by atoms with Gasteiger partial charge in [-0.15, -0.1) is 6.42 Å². The SMILES string of the molecule is C#CC(I)[N+](C)(CCCCCCC)CCCCCCC.[Cl-]. The summed E-state index contributed by atoms with van der Waals surface area (Å²) >= 11 is 2.46. The smallest absolute Gasteiger partial charge is 0.200 e. The summed E-state index contributed by atoms with van der Waals surface area (Å²) in [5.41, 5.74) is 0. The average molecular weight is 428 g/mol. The highest BCUT2D eigenvalue weighted by Crippen LogP contribution is 2.20. The van der Waals surface area contributed by atoms with Crippen molar-refractivity contribution in [1.82, 2.24) is 0 Å². The summed E-state index contributed by atoms with van der Waals surface area (Å²) in [4.78, 5) is 0. The van der Waals surface area contributed by atoms with Crippen molar-refractivity contribution in [2.24, 2.45) is 0 Å². The molecule has 0 saturated heterocycles. The molecule has 3 heteroatoms. The zero-order valence-electron chi connectivity index (χ0n) is 14.3. The van der Waals surface area contributed by atoms with Gasteiger partial charge in [0.2, 0.25) is 0 Å². The van der Waals surface area contributed by atoms with Crippen LogP contribution >= 0.6 is 22.6 Å². The van der Waals surface area contributed by atoms with Crippen molar-refractivity contribution < 1.29 is 16.9 Å². The van der Waals surface area contributed by atoms with Gasteiger partial charge in [0.25, 0.3) is 0 Å². The highest BCUT2D eigenvalue weighted by atomic mass is 127. The summed E-state index contributed by atoms with van der Waals surface area (Å²) in [5, 5.41) is 0. The minimum atomic E-state index is 0. The molecule has 0 N–H and O–H groups in total. The van der Waals surface area contributed by atoms with Crippen molar-refractivity contribution in [2.45, 2.75) is 82.1 Å². The first-order valence-corrected chi connectivity index (χ1v) is 9.79. The van der Waals surface area contributed by atoms with E-state index in [0.717, 1.165) is 4.48 Å². The number of halogens is 2. The first-order chi connectivity index (χ1) is 9.60. The van der Waals surface area contributed by atoms with E-state index in [1.165, 1.54) is 77.3 Å². The molecule has 0 aliphatic heterocycles. The fourth-order valence-electron chi connectivity index (χ4n) is 2.67. The molecule has 1 unspecified atom stereocenters. The molecule has 0 radical (unpaired) electrons. The number of quaternary nitrogens is 1. The number of nitrogens with zero attached hydrogens (tertiary/aromatic N) is 1. The average Bonchev–Trinajstić information content (AvgIpc) is 2.46. The van der Waals surface area contributed by atoms with Crippen molar-refractivity contribution in [2.75, 3.05) is 20.1 Å². The lowest BCUT2D eigenvalue weighted by Crippen LogP contribution is -3.00. The number of alkyl halides is 1. The first kappa shape index (κ1) is 23.8. The number of hydrogen-bond acceptors (Lipinski definition) is 0. The second-order valence-electron chi connectivity index (χ2n) is 6.26. The quantitative estimate of drug-likeness (QED) is 0.106. The molecule has 0 amide bonds. The fourth-order valence-corrected chi connectivity index (χ4v) is 3.23. The van der Waals surface area contributed by atoms with Crippen LogP contribution in [-0.2, 0) is 0 Å². The monoisotopic (exact) mass is 427 g/mol. The van der Waals surface area contributed by atoms with Crippen LogP contribution < -0.4 is 12.4 Å². The summed E-state index contributed by atoms with van der Waals surface area (Å²) in [6, 6.07) is 0. The third-order valence-electron chi connectivity index (χ3n) is 4.23. The predicted molar refractivity (Wildman–Crippen MR) is 100 cm³/mol. The van der Waals surface area contributed by atoms with Gasteiger partial charge in [0, 0.05) is 22.6 Å². The molecular weight excluding hydrogens is 393 g/mol.